The SMILES string of the molecule is COc1ccc(C(C)(C)Oc2ccc(S(=O)(=O)c3ccc(C(C)(C)C)cc3)cc2)c(S(=O)(=O)c2cc(S(=O)(=O)c3cc(S(=O)(=O)c4ccc(S(=O)(=O)O)cc4)cc(S(=O)(=O)c4ccc(S(=O)(=O)O)cc4)c3)cc(S(=O)(=O)c3cc(S(=O)(=O)c4ccc(S(=O)(=O)O)cc4)cc(S(=O)(=O)c4ccc(S(=O)(=O)O)cc4)c3)c2)c1. The lowest BCUT2D eigenvalue weighted by Crippen LogP contribution is -2.28. The molecule has 0 radical (unpaired) electrons. The largest absolute Gasteiger partial charge is 0.497 e. The molecule has 0 amide bonds. The number of rotatable bonds is 24. The van der Waals surface area contributed by atoms with Gasteiger partial charge in [-0.25, -0.2) is 67.3 Å². The van der Waals surface area contributed by atoms with Crippen LogP contribution in [0, 0.1) is 0 Å². The van der Waals surface area contributed by atoms with E-state index < -0.39 is 213 Å². The first kappa shape index (κ1) is 83.5. The molecule has 0 aliphatic carbocycles. The Hall–Kier alpha value is -8.96. The quantitative estimate of drug-likeness (QED) is 0.0410. The van der Waals surface area contributed by atoms with Crippen LogP contribution in [-0.2, 0) is 130 Å². The lowest BCUT2D eigenvalue weighted by Gasteiger charge is -2.29. The summed E-state index contributed by atoms with van der Waals surface area (Å²) in [6.07, 6.45) is 0. The fraction of sp³-hybridized carbons (Fsp3) is 0.118. The van der Waals surface area contributed by atoms with E-state index in [2.05, 4.69) is 0 Å². The van der Waals surface area contributed by atoms with Crippen LogP contribution in [-0.4, -0.2) is 126 Å². The summed E-state index contributed by atoms with van der Waals surface area (Å²) in [4.78, 5) is -21.1. The molecule has 0 aliphatic heterocycles. The first-order chi connectivity index (χ1) is 50.3. The first-order valence-electron chi connectivity index (χ1n) is 30.7. The fourth-order valence-electron chi connectivity index (χ4n) is 10.8. The highest BCUT2D eigenvalue weighted by molar-refractivity contribution is 7.95. The maximum absolute atomic E-state index is 16.0. The molecule has 30 nitrogen and oxygen atoms in total. The van der Waals surface area contributed by atoms with Crippen molar-refractivity contribution >= 4 is 119 Å². The third-order valence-corrected chi connectivity index (χ3v) is 34.2. The van der Waals surface area contributed by atoms with Gasteiger partial charge in [-0.2, -0.15) is 33.7 Å². The standard InChI is InChI=1S/C68H58O30S12/c1-67(2,3)43-7-12-46(13-8-43)99(69,70)47-14-9-44(10-15-47)98-68(4,5)65-32-11-45(97-6)33-66(65)106(83,84)64-41-62(104(79,80)60-36-56(100(71,72)48-16-24-52(25-17-48)107(85,86)87)34-57(37-60)101(73,74)49-18-26-53(27-19-49)108(88,89)90)40-63(42-64)105(81,82)61-38-58(102(75,76)50-20-28-54(29-21-50)109(91,92)93)35-59(39-61)103(77,78)51-22-30-55(31-23-51)110(94,95)96/h7-42H,1-6H3,(H,85,86,87)(H,88,89,90)(H,91,92,93)(H,94,95,96). The molecule has 42 heteroatoms. The average molecular weight is 1740 g/mol. The predicted octanol–water partition coefficient (Wildman–Crippen LogP) is 8.96. The minimum Gasteiger partial charge on any atom is -0.497 e. The van der Waals surface area contributed by atoms with Crippen LogP contribution in [0.5, 0.6) is 11.5 Å². The summed E-state index contributed by atoms with van der Waals surface area (Å²) < 4.78 is 388. The van der Waals surface area contributed by atoms with E-state index in [1.165, 1.54) is 56.3 Å². The van der Waals surface area contributed by atoms with Crippen molar-refractivity contribution in [2.75, 3.05) is 7.11 Å². The number of sulfone groups is 8. The van der Waals surface area contributed by atoms with Crippen LogP contribution < -0.4 is 9.47 Å². The molecule has 0 saturated heterocycles. The number of hydrogen-bond donors (Lipinski definition) is 4. The first-order valence-corrected chi connectivity index (χ1v) is 48.3. The Bertz CT molecular complexity index is 6380. The van der Waals surface area contributed by atoms with Gasteiger partial charge in [0, 0.05) is 5.56 Å². The van der Waals surface area contributed by atoms with Crippen molar-refractivity contribution in [1.82, 2.24) is 0 Å². The molecule has 582 valence electrons. The molecular weight excluding hydrogens is 1680 g/mol. The van der Waals surface area contributed by atoms with Crippen molar-refractivity contribution in [3.05, 3.63) is 230 Å². The third kappa shape index (κ3) is 16.7. The van der Waals surface area contributed by atoms with Gasteiger partial charge in [0.05, 0.1) is 105 Å². The molecule has 10 aromatic carbocycles. The van der Waals surface area contributed by atoms with Crippen LogP contribution >= 0.6 is 0 Å². The molecule has 4 N–H and O–H groups in total. The van der Waals surface area contributed by atoms with E-state index in [1.54, 1.807) is 12.1 Å². The number of benzene rings is 10. The van der Waals surface area contributed by atoms with Crippen molar-refractivity contribution in [2.24, 2.45) is 0 Å². The van der Waals surface area contributed by atoms with Gasteiger partial charge in [0.15, 0.2) is 0 Å². The van der Waals surface area contributed by atoms with Gasteiger partial charge in [-0.3, -0.25) is 18.2 Å². The summed E-state index contributed by atoms with van der Waals surface area (Å²) in [7, 11) is -62.6. The number of ether oxygens (including phenoxy) is 2. The van der Waals surface area contributed by atoms with Gasteiger partial charge in [0.1, 0.15) is 17.1 Å². The molecule has 0 saturated carbocycles. The maximum atomic E-state index is 16.0. The normalized spacial score (nSPS) is 13.5. The summed E-state index contributed by atoms with van der Waals surface area (Å²) >= 11 is 0. The van der Waals surface area contributed by atoms with E-state index >= 15 is 25.3 Å². The van der Waals surface area contributed by atoms with Gasteiger partial charge >= 0.3 is 0 Å². The van der Waals surface area contributed by atoms with Crippen molar-refractivity contribution in [2.45, 2.75) is 144 Å². The van der Waals surface area contributed by atoms with Crippen molar-refractivity contribution in [3.63, 3.8) is 0 Å². The summed E-state index contributed by atoms with van der Waals surface area (Å²) in [5, 5.41) is 0. The predicted molar refractivity (Wildman–Crippen MR) is 386 cm³/mol. The molecule has 0 aromatic heterocycles. The van der Waals surface area contributed by atoms with E-state index in [9.17, 15) is 94.0 Å². The fourth-order valence-corrected chi connectivity index (χ4v) is 24.5. The zero-order valence-electron chi connectivity index (χ0n) is 57.1. The van der Waals surface area contributed by atoms with E-state index in [-0.39, 0.29) is 74.7 Å². The Morgan fingerprint density at radius 3 is 0.645 bits per heavy atom. The molecule has 0 atom stereocenters. The highest BCUT2D eigenvalue weighted by atomic mass is 32.2. The summed E-state index contributed by atoms with van der Waals surface area (Å²) in [6.45, 7) is 8.40. The van der Waals surface area contributed by atoms with Crippen LogP contribution in [0.2, 0.25) is 0 Å². The van der Waals surface area contributed by atoms with Crippen LogP contribution in [0.4, 0.5) is 0 Å². The molecular formula is C68H58O30S12. The lowest BCUT2D eigenvalue weighted by molar-refractivity contribution is 0.105. The second kappa shape index (κ2) is 28.7. The van der Waals surface area contributed by atoms with Gasteiger partial charge in [-0.05, 0) is 225 Å². The van der Waals surface area contributed by atoms with E-state index in [0.717, 1.165) is 24.8 Å². The zero-order valence-corrected chi connectivity index (χ0v) is 66.9. The van der Waals surface area contributed by atoms with Crippen molar-refractivity contribution in [1.29, 1.82) is 0 Å². The Labute approximate surface area is 634 Å². The highest BCUT2D eigenvalue weighted by Crippen LogP contribution is 2.42. The Kier molecular flexibility index (Phi) is 21.8. The van der Waals surface area contributed by atoms with Gasteiger partial charge < -0.3 is 9.47 Å². The van der Waals surface area contributed by atoms with Crippen molar-refractivity contribution < 1.29 is 129 Å². The molecule has 0 heterocycles. The molecule has 0 bridgehead atoms. The summed E-state index contributed by atoms with van der Waals surface area (Å²) in [5.41, 5.74) is -1.81. The van der Waals surface area contributed by atoms with E-state index in [4.69, 9.17) is 9.47 Å². The maximum Gasteiger partial charge on any atom is 0.294 e. The number of methoxy groups -OCH3 is 1. The van der Waals surface area contributed by atoms with Crippen LogP contribution in [0.25, 0.3) is 0 Å². The zero-order chi connectivity index (χ0) is 81.7. The van der Waals surface area contributed by atoms with E-state index in [1.807, 2.05) is 20.8 Å². The summed E-state index contributed by atoms with van der Waals surface area (Å²) in [6, 6.07) is 26.1. The molecule has 0 unspecified atom stereocenters. The molecule has 0 fully saturated rings. The van der Waals surface area contributed by atoms with E-state index in [0.29, 0.717) is 109 Å². The van der Waals surface area contributed by atoms with Gasteiger partial charge in [-0.1, -0.05) is 39.0 Å². The minimum atomic E-state index is -6.03. The average Bonchev–Trinajstić information content (AvgIpc) is 0.734. The summed E-state index contributed by atoms with van der Waals surface area (Å²) in [5.74, 6) is -0.381. The second-order valence-electron chi connectivity index (χ2n) is 25.5. The third-order valence-electron chi connectivity index (χ3n) is 16.7. The number of hydrogen-bond acceptors (Lipinski definition) is 26. The van der Waals surface area contributed by atoms with Gasteiger partial charge in [0.25, 0.3) is 40.5 Å². The molecule has 110 heavy (non-hydrogen) atoms. The smallest absolute Gasteiger partial charge is 0.294 e. The Morgan fingerprint density at radius 1 is 0.227 bits per heavy atom. The second-order valence-corrected chi connectivity index (χ2v) is 46.7. The molecule has 10 aromatic rings. The highest BCUT2D eigenvalue weighted by Gasteiger charge is 2.38. The lowest BCUT2D eigenvalue weighted by atomic mass is 9.87. The Morgan fingerprint density at radius 2 is 0.418 bits per heavy atom. The van der Waals surface area contributed by atoms with Crippen LogP contribution in [0.1, 0.15) is 45.7 Å². The molecule has 0 spiro atoms. The Balaban J connectivity index is 1.23. The molecule has 10 rings (SSSR count). The minimum absolute atomic E-state index is 0.0689. The van der Waals surface area contributed by atoms with Crippen LogP contribution in [0.15, 0.2) is 316 Å². The van der Waals surface area contributed by atoms with Gasteiger partial charge in [0.2, 0.25) is 78.7 Å². The van der Waals surface area contributed by atoms with Crippen LogP contribution in [0.3, 0.4) is 0 Å². The van der Waals surface area contributed by atoms with Gasteiger partial charge in [-0.15, -0.1) is 0 Å². The monoisotopic (exact) mass is 1740 g/mol. The molecule has 0 aliphatic rings. The van der Waals surface area contributed by atoms with Crippen molar-refractivity contribution in [3.8, 4) is 11.5 Å². The topological polar surface area (TPSA) is 509 Å².